The maximum atomic E-state index is 12.4. The minimum absolute atomic E-state index is 0.132. The highest BCUT2D eigenvalue weighted by atomic mass is 16.5. The number of esters is 1. The predicted octanol–water partition coefficient (Wildman–Crippen LogP) is 2.55. The van der Waals surface area contributed by atoms with E-state index in [1.807, 2.05) is 18.7 Å². The van der Waals surface area contributed by atoms with Crippen LogP contribution in [0.5, 0.6) is 0 Å². The maximum absolute atomic E-state index is 12.4. The molecule has 0 radical (unpaired) electrons. The number of ether oxygens (including phenoxy) is 1. The topological polar surface area (TPSA) is 58.6 Å². The van der Waals surface area contributed by atoms with Gasteiger partial charge in [-0.15, -0.1) is 0 Å². The van der Waals surface area contributed by atoms with E-state index in [1.54, 1.807) is 0 Å². The zero-order valence-electron chi connectivity index (χ0n) is 13.1. The summed E-state index contributed by atoms with van der Waals surface area (Å²) in [6, 6.07) is -0.388. The van der Waals surface area contributed by atoms with Crippen LogP contribution in [0.3, 0.4) is 0 Å². The molecule has 5 nitrogen and oxygen atoms in total. The molecule has 0 aromatic heterocycles. The average Bonchev–Trinajstić information content (AvgIpc) is 2.45. The van der Waals surface area contributed by atoms with Gasteiger partial charge in [0.25, 0.3) is 0 Å². The second kappa shape index (κ2) is 8.12. The van der Waals surface area contributed by atoms with Crippen LogP contribution in [0.25, 0.3) is 0 Å². The van der Waals surface area contributed by atoms with Gasteiger partial charge < -0.3 is 15.0 Å². The van der Waals surface area contributed by atoms with Gasteiger partial charge in [-0.1, -0.05) is 20.8 Å². The molecule has 2 amide bonds. The van der Waals surface area contributed by atoms with Crippen LogP contribution in [0.1, 0.15) is 52.9 Å². The Morgan fingerprint density at radius 2 is 2.05 bits per heavy atom. The SMILES string of the molecule is CC[C@H]1CCCCN1C(=O)N[C@@H](CC(C)C)C(=O)OC. The first-order chi connectivity index (χ1) is 9.49. The molecule has 1 rings (SSSR count). The molecule has 1 saturated heterocycles. The first kappa shape index (κ1) is 16.8. The van der Waals surface area contributed by atoms with Gasteiger partial charge >= 0.3 is 12.0 Å². The van der Waals surface area contributed by atoms with Gasteiger partial charge in [0, 0.05) is 12.6 Å². The Morgan fingerprint density at radius 1 is 1.35 bits per heavy atom. The van der Waals surface area contributed by atoms with Crippen LogP contribution in [0, 0.1) is 5.92 Å². The van der Waals surface area contributed by atoms with Crippen molar-refractivity contribution in [1.82, 2.24) is 10.2 Å². The third-order valence-corrected chi connectivity index (χ3v) is 3.85. The lowest BCUT2D eigenvalue weighted by Crippen LogP contribution is -2.53. The molecule has 0 aliphatic carbocycles. The molecule has 0 saturated carbocycles. The summed E-state index contributed by atoms with van der Waals surface area (Å²) < 4.78 is 4.78. The summed E-state index contributed by atoms with van der Waals surface area (Å²) in [5.74, 6) is -0.0418. The molecule has 1 heterocycles. The van der Waals surface area contributed by atoms with Gasteiger partial charge in [0.2, 0.25) is 0 Å². The van der Waals surface area contributed by atoms with E-state index < -0.39 is 6.04 Å². The molecule has 20 heavy (non-hydrogen) atoms. The van der Waals surface area contributed by atoms with Crippen molar-refractivity contribution in [2.24, 2.45) is 5.92 Å². The highest BCUT2D eigenvalue weighted by Gasteiger charge is 2.29. The molecular formula is C15H28N2O3. The van der Waals surface area contributed by atoms with Crippen molar-refractivity contribution in [2.75, 3.05) is 13.7 Å². The number of nitrogens with zero attached hydrogens (tertiary/aromatic N) is 1. The van der Waals surface area contributed by atoms with Gasteiger partial charge in [0.15, 0.2) is 0 Å². The average molecular weight is 284 g/mol. The van der Waals surface area contributed by atoms with Gasteiger partial charge in [-0.25, -0.2) is 9.59 Å². The first-order valence-electron chi connectivity index (χ1n) is 7.64. The number of methoxy groups -OCH3 is 1. The summed E-state index contributed by atoms with van der Waals surface area (Å²) >= 11 is 0. The van der Waals surface area contributed by atoms with Crippen LogP contribution >= 0.6 is 0 Å². The van der Waals surface area contributed by atoms with Crippen LogP contribution in [0.15, 0.2) is 0 Å². The summed E-state index contributed by atoms with van der Waals surface area (Å²) in [5.41, 5.74) is 0. The standard InChI is InChI=1S/C15H28N2O3/c1-5-12-8-6-7-9-17(12)15(19)16-13(10-11(2)3)14(18)20-4/h11-13H,5-10H2,1-4H3,(H,16,19)/t12-,13-/m0/s1. The minimum atomic E-state index is -0.549. The Labute approximate surface area is 122 Å². The number of amides is 2. The van der Waals surface area contributed by atoms with Gasteiger partial charge in [-0.3, -0.25) is 0 Å². The van der Waals surface area contributed by atoms with Crippen molar-refractivity contribution < 1.29 is 14.3 Å². The first-order valence-corrected chi connectivity index (χ1v) is 7.64. The molecule has 1 aliphatic rings. The highest BCUT2D eigenvalue weighted by Crippen LogP contribution is 2.19. The van der Waals surface area contributed by atoms with Gasteiger partial charge in [-0.05, 0) is 38.0 Å². The number of likely N-dealkylation sites (tertiary alicyclic amines) is 1. The van der Waals surface area contributed by atoms with E-state index >= 15 is 0 Å². The lowest BCUT2D eigenvalue weighted by Gasteiger charge is -2.36. The van der Waals surface area contributed by atoms with E-state index in [-0.39, 0.29) is 12.0 Å². The fourth-order valence-corrected chi connectivity index (χ4v) is 2.75. The normalized spacial score (nSPS) is 20.6. The summed E-state index contributed by atoms with van der Waals surface area (Å²) in [4.78, 5) is 26.0. The Kier molecular flexibility index (Phi) is 6.82. The fourth-order valence-electron chi connectivity index (χ4n) is 2.75. The molecule has 1 fully saturated rings. The smallest absolute Gasteiger partial charge is 0.328 e. The number of hydrogen-bond donors (Lipinski definition) is 1. The van der Waals surface area contributed by atoms with Gasteiger partial charge in [-0.2, -0.15) is 0 Å². The van der Waals surface area contributed by atoms with E-state index in [2.05, 4.69) is 12.2 Å². The molecular weight excluding hydrogens is 256 g/mol. The fraction of sp³-hybridized carbons (Fsp3) is 0.867. The second-order valence-electron chi connectivity index (χ2n) is 5.91. The van der Waals surface area contributed by atoms with Gasteiger partial charge in [0.05, 0.1) is 7.11 Å². The van der Waals surface area contributed by atoms with E-state index in [1.165, 1.54) is 13.5 Å². The Balaban J connectivity index is 2.66. The van der Waals surface area contributed by atoms with E-state index in [4.69, 9.17) is 4.74 Å². The lowest BCUT2D eigenvalue weighted by atomic mass is 10.0. The molecule has 0 spiro atoms. The van der Waals surface area contributed by atoms with Crippen molar-refractivity contribution >= 4 is 12.0 Å². The van der Waals surface area contributed by atoms with Crippen molar-refractivity contribution in [2.45, 2.75) is 65.0 Å². The summed E-state index contributed by atoms with van der Waals surface area (Å²) in [7, 11) is 1.36. The molecule has 116 valence electrons. The molecule has 2 atom stereocenters. The number of urea groups is 1. The number of nitrogens with one attached hydrogen (secondary N) is 1. The number of carbonyl (C=O) groups is 2. The predicted molar refractivity (Wildman–Crippen MR) is 78.4 cm³/mol. The Morgan fingerprint density at radius 3 is 2.60 bits per heavy atom. The van der Waals surface area contributed by atoms with E-state index in [0.29, 0.717) is 18.4 Å². The largest absolute Gasteiger partial charge is 0.467 e. The molecule has 0 aromatic rings. The lowest BCUT2D eigenvalue weighted by molar-refractivity contribution is -0.143. The van der Waals surface area contributed by atoms with Crippen LogP contribution in [-0.2, 0) is 9.53 Å². The van der Waals surface area contributed by atoms with Crippen molar-refractivity contribution in [3.8, 4) is 0 Å². The third kappa shape index (κ3) is 4.69. The highest BCUT2D eigenvalue weighted by molar-refractivity contribution is 5.83. The molecule has 5 heteroatoms. The summed E-state index contributed by atoms with van der Waals surface area (Å²) in [6.07, 6.45) is 4.83. The number of carbonyl (C=O) groups excluding carboxylic acids is 2. The molecule has 0 aromatic carbocycles. The van der Waals surface area contributed by atoms with Crippen LogP contribution < -0.4 is 5.32 Å². The van der Waals surface area contributed by atoms with Crippen molar-refractivity contribution in [1.29, 1.82) is 0 Å². The van der Waals surface area contributed by atoms with Crippen LogP contribution in [-0.4, -0.2) is 42.6 Å². The minimum Gasteiger partial charge on any atom is -0.467 e. The number of hydrogen-bond acceptors (Lipinski definition) is 3. The quantitative estimate of drug-likeness (QED) is 0.789. The monoisotopic (exact) mass is 284 g/mol. The molecule has 0 unspecified atom stereocenters. The molecule has 0 bridgehead atoms. The van der Waals surface area contributed by atoms with Gasteiger partial charge in [0.1, 0.15) is 6.04 Å². The molecule has 1 N–H and O–H groups in total. The molecule has 1 aliphatic heterocycles. The summed E-state index contributed by atoms with van der Waals surface area (Å²) in [5, 5.41) is 2.85. The zero-order valence-corrected chi connectivity index (χ0v) is 13.1. The van der Waals surface area contributed by atoms with E-state index in [9.17, 15) is 9.59 Å². The number of piperidine rings is 1. The summed E-state index contributed by atoms with van der Waals surface area (Å²) in [6.45, 7) is 6.93. The maximum Gasteiger partial charge on any atom is 0.328 e. The Hall–Kier alpha value is -1.26. The Bertz CT molecular complexity index is 331. The number of rotatable bonds is 5. The van der Waals surface area contributed by atoms with E-state index in [0.717, 1.165) is 25.8 Å². The van der Waals surface area contributed by atoms with Crippen molar-refractivity contribution in [3.63, 3.8) is 0 Å². The zero-order chi connectivity index (χ0) is 15.1. The third-order valence-electron chi connectivity index (χ3n) is 3.85. The van der Waals surface area contributed by atoms with Crippen molar-refractivity contribution in [3.05, 3.63) is 0 Å². The second-order valence-corrected chi connectivity index (χ2v) is 5.91. The van der Waals surface area contributed by atoms with Crippen LogP contribution in [0.4, 0.5) is 4.79 Å². The van der Waals surface area contributed by atoms with Crippen LogP contribution in [0.2, 0.25) is 0 Å².